The van der Waals surface area contributed by atoms with Crippen LogP contribution in [0.5, 0.6) is 17.2 Å². The molecule has 1 aliphatic heterocycles. The van der Waals surface area contributed by atoms with Crippen molar-refractivity contribution in [1.82, 2.24) is 0 Å². The zero-order valence-corrected chi connectivity index (χ0v) is 19.1. The van der Waals surface area contributed by atoms with Gasteiger partial charge in [0, 0.05) is 17.8 Å². The lowest BCUT2D eigenvalue weighted by Crippen LogP contribution is -2.29. The highest BCUT2D eigenvalue weighted by atomic mass is 16.5. The highest BCUT2D eigenvalue weighted by Crippen LogP contribution is 2.44. The SMILES string of the molecule is CCCOc1cccc(N2C(=O)C(=O)/C(=C(\O)c3ccc(OC)cc3OC)C2c2ccco2)c1. The first-order valence-electron chi connectivity index (χ1n) is 10.8. The van der Waals surface area contributed by atoms with E-state index >= 15 is 0 Å². The molecule has 2 aromatic carbocycles. The second kappa shape index (κ2) is 9.74. The molecule has 176 valence electrons. The molecule has 2 heterocycles. The second-order valence-corrected chi connectivity index (χ2v) is 7.60. The fourth-order valence-corrected chi connectivity index (χ4v) is 3.90. The Bertz CT molecular complexity index is 1230. The van der Waals surface area contributed by atoms with Gasteiger partial charge < -0.3 is 23.7 Å². The molecule has 1 aromatic heterocycles. The molecule has 1 fully saturated rings. The van der Waals surface area contributed by atoms with Crippen molar-refractivity contribution >= 4 is 23.1 Å². The highest BCUT2D eigenvalue weighted by molar-refractivity contribution is 6.51. The summed E-state index contributed by atoms with van der Waals surface area (Å²) in [5.41, 5.74) is 0.582. The summed E-state index contributed by atoms with van der Waals surface area (Å²) in [6.45, 7) is 2.51. The highest BCUT2D eigenvalue weighted by Gasteiger charge is 2.48. The summed E-state index contributed by atoms with van der Waals surface area (Å²) in [6, 6.07) is 14.0. The van der Waals surface area contributed by atoms with E-state index in [9.17, 15) is 14.7 Å². The molecule has 0 aliphatic carbocycles. The maximum atomic E-state index is 13.2. The quantitative estimate of drug-likeness (QED) is 0.293. The third-order valence-corrected chi connectivity index (χ3v) is 5.49. The Hall–Kier alpha value is -4.20. The van der Waals surface area contributed by atoms with Gasteiger partial charge in [-0.1, -0.05) is 13.0 Å². The number of rotatable bonds is 8. The van der Waals surface area contributed by atoms with Crippen LogP contribution in [0.15, 0.2) is 70.9 Å². The topological polar surface area (TPSA) is 98.4 Å². The number of aliphatic hydroxyl groups is 1. The third-order valence-electron chi connectivity index (χ3n) is 5.49. The summed E-state index contributed by atoms with van der Waals surface area (Å²) in [7, 11) is 2.95. The third kappa shape index (κ3) is 4.10. The minimum atomic E-state index is -0.983. The number of aliphatic hydroxyl groups excluding tert-OH is 1. The first-order chi connectivity index (χ1) is 16.5. The maximum Gasteiger partial charge on any atom is 0.300 e. The van der Waals surface area contributed by atoms with Gasteiger partial charge in [-0.25, -0.2) is 0 Å². The Morgan fingerprint density at radius 3 is 2.53 bits per heavy atom. The molecular weight excluding hydrogens is 438 g/mol. The molecule has 8 nitrogen and oxygen atoms in total. The van der Waals surface area contributed by atoms with E-state index in [0.29, 0.717) is 29.6 Å². The number of nitrogens with zero attached hydrogens (tertiary/aromatic N) is 1. The van der Waals surface area contributed by atoms with Gasteiger partial charge in [-0.2, -0.15) is 0 Å². The Labute approximate surface area is 197 Å². The molecule has 1 saturated heterocycles. The summed E-state index contributed by atoms with van der Waals surface area (Å²) < 4.78 is 21.9. The number of Topliss-reactive ketones (excluding diaryl/α,β-unsaturated/α-hetero) is 1. The van der Waals surface area contributed by atoms with E-state index in [2.05, 4.69) is 0 Å². The fourth-order valence-electron chi connectivity index (χ4n) is 3.90. The molecule has 3 aromatic rings. The second-order valence-electron chi connectivity index (χ2n) is 7.60. The number of methoxy groups -OCH3 is 2. The molecule has 0 saturated carbocycles. The maximum absolute atomic E-state index is 13.2. The molecule has 0 radical (unpaired) electrons. The van der Waals surface area contributed by atoms with Crippen LogP contribution in [0.25, 0.3) is 5.76 Å². The van der Waals surface area contributed by atoms with Crippen molar-refractivity contribution in [2.75, 3.05) is 25.7 Å². The summed E-state index contributed by atoms with van der Waals surface area (Å²) in [6.07, 6.45) is 2.27. The van der Waals surface area contributed by atoms with Crippen LogP contribution in [-0.2, 0) is 9.59 Å². The monoisotopic (exact) mass is 463 g/mol. The Morgan fingerprint density at radius 1 is 1.03 bits per heavy atom. The van der Waals surface area contributed by atoms with Crippen molar-refractivity contribution in [3.63, 3.8) is 0 Å². The molecule has 8 heteroatoms. The average Bonchev–Trinajstić information content (AvgIpc) is 3.48. The standard InChI is InChI=1S/C26H25NO7/c1-4-12-33-18-8-5-7-16(14-18)27-23(20-9-6-13-34-20)22(25(29)26(27)30)24(28)19-11-10-17(31-2)15-21(19)32-3/h5-11,13-15,23,28H,4,12H2,1-3H3/b24-22-. The summed E-state index contributed by atoms with van der Waals surface area (Å²) in [5.74, 6) is -0.305. The number of ether oxygens (including phenoxy) is 3. The Morgan fingerprint density at radius 2 is 1.85 bits per heavy atom. The van der Waals surface area contributed by atoms with E-state index in [1.807, 2.05) is 6.92 Å². The fraction of sp³-hybridized carbons (Fsp3) is 0.231. The number of amides is 1. The van der Waals surface area contributed by atoms with Gasteiger partial charge in [0.15, 0.2) is 0 Å². The van der Waals surface area contributed by atoms with Crippen molar-refractivity contribution in [2.45, 2.75) is 19.4 Å². The van der Waals surface area contributed by atoms with E-state index in [1.54, 1.807) is 54.6 Å². The van der Waals surface area contributed by atoms with Crippen LogP contribution in [0.3, 0.4) is 0 Å². The predicted molar refractivity (Wildman–Crippen MR) is 125 cm³/mol. The molecule has 4 rings (SSSR count). The lowest BCUT2D eigenvalue weighted by Gasteiger charge is -2.24. The van der Waals surface area contributed by atoms with Gasteiger partial charge in [0.25, 0.3) is 11.7 Å². The van der Waals surface area contributed by atoms with Gasteiger partial charge in [-0.15, -0.1) is 0 Å². The lowest BCUT2D eigenvalue weighted by atomic mass is 9.98. The average molecular weight is 463 g/mol. The molecule has 1 N–H and O–H groups in total. The normalized spacial score (nSPS) is 17.1. The summed E-state index contributed by atoms with van der Waals surface area (Å²) >= 11 is 0. The number of hydrogen-bond donors (Lipinski definition) is 1. The molecule has 0 spiro atoms. The van der Waals surface area contributed by atoms with Crippen LogP contribution >= 0.6 is 0 Å². The van der Waals surface area contributed by atoms with Gasteiger partial charge >= 0.3 is 0 Å². The van der Waals surface area contributed by atoms with Gasteiger partial charge in [0.1, 0.15) is 34.8 Å². The molecule has 1 aliphatic rings. The molecule has 0 bridgehead atoms. The van der Waals surface area contributed by atoms with Crippen LogP contribution in [0.1, 0.15) is 30.7 Å². The molecule has 34 heavy (non-hydrogen) atoms. The van der Waals surface area contributed by atoms with Crippen molar-refractivity contribution in [1.29, 1.82) is 0 Å². The summed E-state index contributed by atoms with van der Waals surface area (Å²) in [4.78, 5) is 27.8. The van der Waals surface area contributed by atoms with Crippen molar-refractivity contribution in [3.05, 3.63) is 77.8 Å². The molecular formula is C26H25NO7. The Kier molecular flexibility index (Phi) is 6.58. The van der Waals surface area contributed by atoms with Crippen LogP contribution in [0, 0.1) is 0 Å². The lowest BCUT2D eigenvalue weighted by molar-refractivity contribution is -0.132. The Balaban J connectivity index is 1.88. The predicted octanol–water partition coefficient (Wildman–Crippen LogP) is 4.71. The smallest absolute Gasteiger partial charge is 0.300 e. The van der Waals surface area contributed by atoms with Crippen LogP contribution in [0.4, 0.5) is 5.69 Å². The van der Waals surface area contributed by atoms with Crippen molar-refractivity contribution in [3.8, 4) is 17.2 Å². The van der Waals surface area contributed by atoms with Crippen LogP contribution in [-0.4, -0.2) is 37.6 Å². The number of hydrogen-bond acceptors (Lipinski definition) is 7. The molecule has 1 atom stereocenters. The van der Waals surface area contributed by atoms with E-state index in [1.165, 1.54) is 25.4 Å². The zero-order chi connectivity index (χ0) is 24.2. The van der Waals surface area contributed by atoms with Crippen LogP contribution < -0.4 is 19.1 Å². The van der Waals surface area contributed by atoms with E-state index in [0.717, 1.165) is 6.42 Å². The molecule has 1 amide bonds. The van der Waals surface area contributed by atoms with Crippen LogP contribution in [0.2, 0.25) is 0 Å². The number of furan rings is 1. The van der Waals surface area contributed by atoms with E-state index in [4.69, 9.17) is 18.6 Å². The first kappa shape index (κ1) is 23.0. The van der Waals surface area contributed by atoms with E-state index in [-0.39, 0.29) is 22.6 Å². The first-order valence-corrected chi connectivity index (χ1v) is 10.8. The van der Waals surface area contributed by atoms with Gasteiger partial charge in [0.2, 0.25) is 0 Å². The number of carbonyl (C=O) groups excluding carboxylic acids is 2. The van der Waals surface area contributed by atoms with Crippen molar-refractivity contribution < 1.29 is 33.3 Å². The number of ketones is 1. The molecule has 1 unspecified atom stereocenters. The number of benzene rings is 2. The summed E-state index contributed by atoms with van der Waals surface area (Å²) in [5, 5.41) is 11.3. The van der Waals surface area contributed by atoms with Gasteiger partial charge in [-0.05, 0) is 42.8 Å². The van der Waals surface area contributed by atoms with E-state index < -0.39 is 17.7 Å². The largest absolute Gasteiger partial charge is 0.507 e. The van der Waals surface area contributed by atoms with Crippen molar-refractivity contribution in [2.24, 2.45) is 0 Å². The number of anilines is 1. The zero-order valence-electron chi connectivity index (χ0n) is 19.1. The number of carbonyl (C=O) groups is 2. The minimum Gasteiger partial charge on any atom is -0.507 e. The minimum absolute atomic E-state index is 0.108. The van der Waals surface area contributed by atoms with Gasteiger partial charge in [0.05, 0.1) is 38.2 Å². The van der Waals surface area contributed by atoms with Gasteiger partial charge in [-0.3, -0.25) is 14.5 Å².